The Morgan fingerprint density at radius 1 is 0.933 bits per heavy atom. The topological polar surface area (TPSA) is 53.4 Å². The zero-order chi connectivity index (χ0) is 21.1. The fourth-order valence-corrected chi connectivity index (χ4v) is 3.39. The highest BCUT2D eigenvalue weighted by Crippen LogP contribution is 2.29. The Kier molecular flexibility index (Phi) is 5.74. The molecule has 1 heterocycles. The van der Waals surface area contributed by atoms with Crippen LogP contribution in [0.2, 0.25) is 10.0 Å². The van der Waals surface area contributed by atoms with Crippen LogP contribution in [0.4, 0.5) is 0 Å². The maximum Gasteiger partial charge on any atom is 0.346 e. The molecule has 0 saturated carbocycles. The van der Waals surface area contributed by atoms with E-state index in [0.717, 1.165) is 5.56 Å². The van der Waals surface area contributed by atoms with Crippen LogP contribution in [-0.2, 0) is 0 Å². The summed E-state index contributed by atoms with van der Waals surface area (Å²) < 4.78 is 12.4. The number of nitrogens with zero attached hydrogens (tertiary/aromatic N) is 2. The fraction of sp³-hybridized carbons (Fsp3) is 0.0435. The molecule has 5 nitrogen and oxygen atoms in total. The lowest BCUT2D eigenvalue weighted by Crippen LogP contribution is -2.12. The molecule has 0 saturated heterocycles. The van der Waals surface area contributed by atoms with E-state index < -0.39 is 5.97 Å². The average Bonchev–Trinajstić information content (AvgIpc) is 3.18. The Morgan fingerprint density at radius 2 is 1.67 bits per heavy atom. The second kappa shape index (κ2) is 8.61. The van der Waals surface area contributed by atoms with E-state index in [4.69, 9.17) is 32.7 Å². The van der Waals surface area contributed by atoms with Gasteiger partial charge < -0.3 is 9.47 Å². The molecule has 0 unspecified atom stereocenters. The molecule has 1 aromatic heterocycles. The minimum Gasteiger partial charge on any atom is -0.497 e. The third-order valence-corrected chi connectivity index (χ3v) is 4.96. The van der Waals surface area contributed by atoms with E-state index in [1.54, 1.807) is 36.1 Å². The Balaban J connectivity index is 1.74. The summed E-state index contributed by atoms with van der Waals surface area (Å²) in [5.74, 6) is 0.363. The van der Waals surface area contributed by atoms with Gasteiger partial charge in [0.1, 0.15) is 5.75 Å². The molecule has 0 bridgehead atoms. The summed E-state index contributed by atoms with van der Waals surface area (Å²) in [7, 11) is 1.60. The van der Waals surface area contributed by atoms with E-state index in [0.29, 0.717) is 22.2 Å². The number of esters is 1. The van der Waals surface area contributed by atoms with Gasteiger partial charge in [0, 0.05) is 16.7 Å². The van der Waals surface area contributed by atoms with Gasteiger partial charge in [-0.15, -0.1) is 0 Å². The lowest BCUT2D eigenvalue weighted by Gasteiger charge is -2.09. The van der Waals surface area contributed by atoms with Crippen LogP contribution in [0.1, 0.15) is 10.4 Å². The van der Waals surface area contributed by atoms with Gasteiger partial charge in [-0.3, -0.25) is 0 Å². The van der Waals surface area contributed by atoms with Crippen molar-refractivity contribution in [3.05, 3.63) is 94.5 Å². The summed E-state index contributed by atoms with van der Waals surface area (Å²) >= 11 is 12.1. The first kappa shape index (κ1) is 20.0. The summed E-state index contributed by atoms with van der Waals surface area (Å²) in [4.78, 5) is 12.8. The molecule has 4 aromatic rings. The third kappa shape index (κ3) is 4.17. The van der Waals surface area contributed by atoms with Crippen LogP contribution < -0.4 is 9.47 Å². The molecule has 30 heavy (non-hydrogen) atoms. The minimum atomic E-state index is -0.606. The lowest BCUT2D eigenvalue weighted by atomic mass is 10.2. The molecular formula is C23H16Cl2N2O3. The molecule has 0 aliphatic heterocycles. The van der Waals surface area contributed by atoms with Gasteiger partial charge in [0.25, 0.3) is 0 Å². The SMILES string of the molecule is COc1ccc(-n2nc(-c3ccccc3)cc2OC(=O)c2ccc(Cl)cc2Cl)cc1. The van der Waals surface area contributed by atoms with Crippen molar-refractivity contribution in [2.75, 3.05) is 7.11 Å². The zero-order valence-corrected chi connectivity index (χ0v) is 17.4. The summed E-state index contributed by atoms with van der Waals surface area (Å²) in [6.07, 6.45) is 0. The number of carbonyl (C=O) groups excluding carboxylic acids is 1. The van der Waals surface area contributed by atoms with E-state index in [9.17, 15) is 4.79 Å². The van der Waals surface area contributed by atoms with Crippen LogP contribution >= 0.6 is 23.2 Å². The van der Waals surface area contributed by atoms with Crippen LogP contribution in [0.15, 0.2) is 78.9 Å². The molecule has 0 radical (unpaired) electrons. The van der Waals surface area contributed by atoms with Crippen molar-refractivity contribution in [3.63, 3.8) is 0 Å². The highest BCUT2D eigenvalue weighted by atomic mass is 35.5. The summed E-state index contributed by atoms with van der Waals surface area (Å²) in [5.41, 5.74) is 2.48. The molecule has 7 heteroatoms. The smallest absolute Gasteiger partial charge is 0.346 e. The maximum absolute atomic E-state index is 12.8. The van der Waals surface area contributed by atoms with Gasteiger partial charge in [-0.1, -0.05) is 53.5 Å². The molecule has 150 valence electrons. The number of carbonyl (C=O) groups is 1. The molecule has 0 N–H and O–H groups in total. The van der Waals surface area contributed by atoms with Crippen molar-refractivity contribution in [2.45, 2.75) is 0 Å². The average molecular weight is 439 g/mol. The predicted octanol–water partition coefficient (Wildman–Crippen LogP) is 6.07. The Bertz CT molecular complexity index is 1190. The van der Waals surface area contributed by atoms with Crippen LogP contribution in [0.3, 0.4) is 0 Å². The van der Waals surface area contributed by atoms with E-state index in [1.807, 2.05) is 42.5 Å². The third-order valence-electron chi connectivity index (χ3n) is 4.41. The Morgan fingerprint density at radius 3 is 2.33 bits per heavy atom. The number of benzene rings is 3. The van der Waals surface area contributed by atoms with E-state index in [1.165, 1.54) is 12.1 Å². The Hall–Kier alpha value is -3.28. The summed E-state index contributed by atoms with van der Waals surface area (Å²) in [5, 5.41) is 5.28. The number of rotatable bonds is 5. The molecule has 3 aromatic carbocycles. The van der Waals surface area contributed by atoms with Crippen LogP contribution in [0.5, 0.6) is 11.6 Å². The summed E-state index contributed by atoms with van der Waals surface area (Å²) in [6, 6.07) is 23.2. The molecule has 0 amide bonds. The van der Waals surface area contributed by atoms with Crippen molar-refractivity contribution in [3.8, 4) is 28.6 Å². The van der Waals surface area contributed by atoms with Gasteiger partial charge in [-0.05, 0) is 42.5 Å². The highest BCUT2D eigenvalue weighted by Gasteiger charge is 2.19. The predicted molar refractivity (Wildman–Crippen MR) is 117 cm³/mol. The van der Waals surface area contributed by atoms with Gasteiger partial charge in [-0.25, -0.2) is 4.79 Å². The molecule has 0 atom stereocenters. The first-order valence-corrected chi connectivity index (χ1v) is 9.78. The van der Waals surface area contributed by atoms with Gasteiger partial charge in [-0.2, -0.15) is 9.78 Å². The number of halogens is 2. The minimum absolute atomic E-state index is 0.213. The largest absolute Gasteiger partial charge is 0.497 e. The quantitative estimate of drug-likeness (QED) is 0.354. The molecule has 0 spiro atoms. The van der Waals surface area contributed by atoms with Crippen molar-refractivity contribution in [1.29, 1.82) is 0 Å². The lowest BCUT2D eigenvalue weighted by molar-refractivity contribution is 0.0723. The number of methoxy groups -OCH3 is 1. The summed E-state index contributed by atoms with van der Waals surface area (Å²) in [6.45, 7) is 0. The first-order valence-electron chi connectivity index (χ1n) is 9.02. The molecule has 0 fully saturated rings. The number of hydrogen-bond donors (Lipinski definition) is 0. The molecule has 0 aliphatic carbocycles. The van der Waals surface area contributed by atoms with Gasteiger partial charge in [0.05, 0.1) is 29.1 Å². The number of hydrogen-bond acceptors (Lipinski definition) is 4. The van der Waals surface area contributed by atoms with Gasteiger partial charge in [0.2, 0.25) is 5.88 Å². The molecular weight excluding hydrogens is 423 g/mol. The number of aromatic nitrogens is 2. The Labute approximate surface area is 183 Å². The first-order chi connectivity index (χ1) is 14.5. The van der Waals surface area contributed by atoms with Crippen molar-refractivity contribution < 1.29 is 14.3 Å². The van der Waals surface area contributed by atoms with Crippen LogP contribution in [-0.4, -0.2) is 22.9 Å². The van der Waals surface area contributed by atoms with Crippen molar-refractivity contribution >= 4 is 29.2 Å². The van der Waals surface area contributed by atoms with Gasteiger partial charge >= 0.3 is 5.97 Å². The standard InChI is InChI=1S/C23H16Cl2N2O3/c1-29-18-10-8-17(9-11-18)27-22(14-21(26-27)15-5-3-2-4-6-15)30-23(28)19-12-7-16(24)13-20(19)25/h2-14H,1H3. The second-order valence-corrected chi connectivity index (χ2v) is 7.20. The fourth-order valence-electron chi connectivity index (χ4n) is 2.90. The normalized spacial score (nSPS) is 10.6. The highest BCUT2D eigenvalue weighted by molar-refractivity contribution is 6.36. The second-order valence-electron chi connectivity index (χ2n) is 6.36. The molecule has 0 aliphatic rings. The van der Waals surface area contributed by atoms with Gasteiger partial charge in [0.15, 0.2) is 0 Å². The zero-order valence-electron chi connectivity index (χ0n) is 15.9. The molecule has 4 rings (SSSR count). The van der Waals surface area contributed by atoms with Crippen molar-refractivity contribution in [2.24, 2.45) is 0 Å². The van der Waals surface area contributed by atoms with E-state index in [-0.39, 0.29) is 16.5 Å². The van der Waals surface area contributed by atoms with E-state index >= 15 is 0 Å². The van der Waals surface area contributed by atoms with E-state index in [2.05, 4.69) is 5.10 Å². The van der Waals surface area contributed by atoms with Crippen LogP contribution in [0.25, 0.3) is 16.9 Å². The van der Waals surface area contributed by atoms with Crippen molar-refractivity contribution in [1.82, 2.24) is 9.78 Å². The number of ether oxygens (including phenoxy) is 2. The van der Waals surface area contributed by atoms with Crippen LogP contribution in [0, 0.1) is 0 Å². The monoisotopic (exact) mass is 438 g/mol. The maximum atomic E-state index is 12.8.